The molecule has 1 unspecified atom stereocenters. The summed E-state index contributed by atoms with van der Waals surface area (Å²) in [6.07, 6.45) is 2.20. The van der Waals surface area contributed by atoms with Gasteiger partial charge in [-0.25, -0.2) is 5.01 Å². The summed E-state index contributed by atoms with van der Waals surface area (Å²) in [6.45, 7) is 4.08. The second-order valence-corrected chi connectivity index (χ2v) is 8.93. The molecule has 0 radical (unpaired) electrons. The lowest BCUT2D eigenvalue weighted by molar-refractivity contribution is -0.134. The lowest BCUT2D eigenvalue weighted by Crippen LogP contribution is -2.39. The molecule has 0 saturated heterocycles. The number of carbonyl (C=O) groups excluding carboxylic acids is 2. The lowest BCUT2D eigenvalue weighted by atomic mass is 10.1. The van der Waals surface area contributed by atoms with Crippen LogP contribution in [0.3, 0.4) is 0 Å². The zero-order valence-electron chi connectivity index (χ0n) is 18.4. The first kappa shape index (κ1) is 22.0. The third-order valence-electron chi connectivity index (χ3n) is 5.41. The Bertz CT molecular complexity index is 1100. The van der Waals surface area contributed by atoms with E-state index in [-0.39, 0.29) is 30.9 Å². The molecule has 32 heavy (non-hydrogen) atoms. The molecule has 4 rings (SSSR count). The van der Waals surface area contributed by atoms with Crippen LogP contribution in [0.4, 0.5) is 5.69 Å². The molecule has 2 aromatic heterocycles. The van der Waals surface area contributed by atoms with Crippen LogP contribution in [0.1, 0.15) is 34.2 Å². The van der Waals surface area contributed by atoms with Gasteiger partial charge in [-0.2, -0.15) is 5.10 Å². The van der Waals surface area contributed by atoms with E-state index in [1.807, 2.05) is 61.7 Å². The average molecular weight is 451 g/mol. The number of thiophene rings is 1. The van der Waals surface area contributed by atoms with Gasteiger partial charge in [-0.15, -0.1) is 11.3 Å². The standard InChI is InChI=1S/C24H26N4O3S/c1-16-7-4-8-17(2)24(16)25-22(29)14-27(3)15-23(30)28-19(20-9-5-11-31-20)13-18(26-28)21-10-6-12-32-21/h4-12,19H,13-15H2,1-3H3,(H,25,29). The van der Waals surface area contributed by atoms with Crippen LogP contribution >= 0.6 is 11.3 Å². The van der Waals surface area contributed by atoms with E-state index in [4.69, 9.17) is 4.42 Å². The number of likely N-dealkylation sites (N-methyl/N-ethyl adjacent to an activating group) is 1. The van der Waals surface area contributed by atoms with Crippen molar-refractivity contribution in [1.29, 1.82) is 0 Å². The maximum Gasteiger partial charge on any atom is 0.257 e. The molecule has 0 spiro atoms. The van der Waals surface area contributed by atoms with Crippen molar-refractivity contribution in [2.45, 2.75) is 26.3 Å². The summed E-state index contributed by atoms with van der Waals surface area (Å²) in [7, 11) is 1.75. The Morgan fingerprint density at radius 1 is 1.16 bits per heavy atom. The van der Waals surface area contributed by atoms with Gasteiger partial charge in [0.1, 0.15) is 11.8 Å². The molecule has 1 N–H and O–H groups in total. The van der Waals surface area contributed by atoms with Crippen LogP contribution in [0, 0.1) is 13.8 Å². The van der Waals surface area contributed by atoms with Crippen LogP contribution in [-0.2, 0) is 9.59 Å². The number of hydrazone groups is 1. The first-order chi connectivity index (χ1) is 15.4. The molecule has 1 atom stereocenters. The Kier molecular flexibility index (Phi) is 6.53. The van der Waals surface area contributed by atoms with Gasteiger partial charge in [-0.05, 0) is 55.6 Å². The van der Waals surface area contributed by atoms with E-state index < -0.39 is 0 Å². The summed E-state index contributed by atoms with van der Waals surface area (Å²) in [5, 5.41) is 11.1. The number of para-hydroxylation sites is 1. The molecule has 1 aliphatic heterocycles. The van der Waals surface area contributed by atoms with Gasteiger partial charge in [0.15, 0.2) is 0 Å². The van der Waals surface area contributed by atoms with E-state index in [9.17, 15) is 9.59 Å². The highest BCUT2D eigenvalue weighted by atomic mass is 32.1. The Hall–Kier alpha value is -3.23. The Labute approximate surface area is 191 Å². The van der Waals surface area contributed by atoms with Crippen molar-refractivity contribution in [3.63, 3.8) is 0 Å². The van der Waals surface area contributed by atoms with E-state index in [1.54, 1.807) is 29.5 Å². The van der Waals surface area contributed by atoms with E-state index >= 15 is 0 Å². The Morgan fingerprint density at radius 3 is 2.59 bits per heavy atom. The van der Waals surface area contributed by atoms with E-state index in [1.165, 1.54) is 5.01 Å². The first-order valence-electron chi connectivity index (χ1n) is 10.4. The molecule has 166 valence electrons. The number of anilines is 1. The third kappa shape index (κ3) is 4.81. The molecular weight excluding hydrogens is 424 g/mol. The minimum atomic E-state index is -0.286. The fraction of sp³-hybridized carbons (Fsp3) is 0.292. The Morgan fingerprint density at radius 2 is 1.94 bits per heavy atom. The number of rotatable bonds is 7. The summed E-state index contributed by atoms with van der Waals surface area (Å²) in [5.41, 5.74) is 3.70. The van der Waals surface area contributed by atoms with Crippen LogP contribution in [0.2, 0.25) is 0 Å². The second kappa shape index (κ2) is 9.50. The number of nitrogens with one attached hydrogen (secondary N) is 1. The van der Waals surface area contributed by atoms with Crippen LogP contribution in [0.5, 0.6) is 0 Å². The summed E-state index contributed by atoms with van der Waals surface area (Å²) < 4.78 is 5.58. The number of hydrogen-bond acceptors (Lipinski definition) is 6. The lowest BCUT2D eigenvalue weighted by Gasteiger charge is -2.23. The van der Waals surface area contributed by atoms with Crippen LogP contribution in [-0.4, -0.2) is 47.6 Å². The van der Waals surface area contributed by atoms with Gasteiger partial charge in [0.05, 0.1) is 29.9 Å². The quantitative estimate of drug-likeness (QED) is 0.585. The molecule has 8 heteroatoms. The van der Waals surface area contributed by atoms with Crippen LogP contribution < -0.4 is 5.32 Å². The molecular formula is C24H26N4O3S. The number of carbonyl (C=O) groups is 2. The van der Waals surface area contributed by atoms with Crippen molar-refractivity contribution < 1.29 is 14.0 Å². The highest BCUT2D eigenvalue weighted by Crippen LogP contribution is 2.34. The Balaban J connectivity index is 1.42. The van der Waals surface area contributed by atoms with Gasteiger partial charge < -0.3 is 9.73 Å². The molecule has 1 aromatic carbocycles. The summed E-state index contributed by atoms with van der Waals surface area (Å²) in [4.78, 5) is 28.4. The van der Waals surface area contributed by atoms with Crippen molar-refractivity contribution in [3.05, 3.63) is 75.9 Å². The third-order valence-corrected chi connectivity index (χ3v) is 6.33. The van der Waals surface area contributed by atoms with Gasteiger partial charge >= 0.3 is 0 Å². The van der Waals surface area contributed by atoms with Gasteiger partial charge in [-0.3, -0.25) is 14.5 Å². The van der Waals surface area contributed by atoms with Crippen molar-refractivity contribution in [2.75, 3.05) is 25.5 Å². The van der Waals surface area contributed by atoms with Gasteiger partial charge in [0, 0.05) is 12.1 Å². The monoisotopic (exact) mass is 450 g/mol. The molecule has 2 amide bonds. The largest absolute Gasteiger partial charge is 0.467 e. The molecule has 3 aromatic rings. The topological polar surface area (TPSA) is 78.2 Å². The summed E-state index contributed by atoms with van der Waals surface area (Å²) in [5.74, 6) is 0.355. The predicted molar refractivity (Wildman–Crippen MR) is 126 cm³/mol. The van der Waals surface area contributed by atoms with Crippen LogP contribution in [0.25, 0.3) is 0 Å². The second-order valence-electron chi connectivity index (χ2n) is 7.98. The average Bonchev–Trinajstić information content (AvgIpc) is 3.51. The number of furan rings is 1. The zero-order valence-corrected chi connectivity index (χ0v) is 19.2. The predicted octanol–water partition coefficient (Wildman–Crippen LogP) is 4.21. The van der Waals surface area contributed by atoms with Crippen molar-refractivity contribution in [3.8, 4) is 0 Å². The van der Waals surface area contributed by atoms with Crippen molar-refractivity contribution in [2.24, 2.45) is 5.10 Å². The number of aryl methyl sites for hydroxylation is 2. The molecule has 0 saturated carbocycles. The van der Waals surface area contributed by atoms with E-state index in [0.29, 0.717) is 12.2 Å². The smallest absolute Gasteiger partial charge is 0.257 e. The molecule has 7 nitrogen and oxygen atoms in total. The SMILES string of the molecule is Cc1cccc(C)c1NC(=O)CN(C)CC(=O)N1N=C(c2cccs2)CC1c1ccco1. The fourth-order valence-electron chi connectivity index (χ4n) is 3.83. The fourth-order valence-corrected chi connectivity index (χ4v) is 4.55. The highest BCUT2D eigenvalue weighted by molar-refractivity contribution is 7.12. The maximum atomic E-state index is 13.1. The zero-order chi connectivity index (χ0) is 22.7. The maximum absolute atomic E-state index is 13.1. The van der Waals surface area contributed by atoms with E-state index in [0.717, 1.165) is 27.4 Å². The van der Waals surface area contributed by atoms with E-state index in [2.05, 4.69) is 10.4 Å². The minimum Gasteiger partial charge on any atom is -0.467 e. The normalized spacial score (nSPS) is 15.8. The summed E-state index contributed by atoms with van der Waals surface area (Å²) >= 11 is 1.60. The highest BCUT2D eigenvalue weighted by Gasteiger charge is 2.35. The van der Waals surface area contributed by atoms with Crippen molar-refractivity contribution >= 4 is 34.6 Å². The number of benzene rings is 1. The number of hydrogen-bond donors (Lipinski definition) is 1. The molecule has 0 aliphatic carbocycles. The van der Waals surface area contributed by atoms with Crippen LogP contribution in [0.15, 0.2) is 63.6 Å². The molecule has 3 heterocycles. The first-order valence-corrected chi connectivity index (χ1v) is 11.3. The molecule has 0 bridgehead atoms. The summed E-state index contributed by atoms with van der Waals surface area (Å²) in [6, 6.07) is 13.2. The minimum absolute atomic E-state index is 0.0681. The van der Waals surface area contributed by atoms with Gasteiger partial charge in [-0.1, -0.05) is 24.3 Å². The molecule has 0 fully saturated rings. The number of nitrogens with zero attached hydrogens (tertiary/aromatic N) is 3. The molecule has 1 aliphatic rings. The van der Waals surface area contributed by atoms with Gasteiger partial charge in [0.2, 0.25) is 5.91 Å². The number of amides is 2. The van der Waals surface area contributed by atoms with Gasteiger partial charge in [0.25, 0.3) is 5.91 Å². The van der Waals surface area contributed by atoms with Crippen molar-refractivity contribution in [1.82, 2.24) is 9.91 Å².